The molecule has 0 atom stereocenters. The van der Waals surface area contributed by atoms with Crippen molar-refractivity contribution in [2.75, 3.05) is 33.9 Å². The van der Waals surface area contributed by atoms with Crippen molar-refractivity contribution in [2.45, 2.75) is 26.7 Å². The summed E-state index contributed by atoms with van der Waals surface area (Å²) >= 11 is 0. The third-order valence-electron chi connectivity index (χ3n) is 6.53. The molecular formula is C27H30N4O3. The maximum Gasteiger partial charge on any atom is 0.230 e. The summed E-state index contributed by atoms with van der Waals surface area (Å²) < 4.78 is 18.0. The highest BCUT2D eigenvalue weighted by Gasteiger charge is 2.19. The fourth-order valence-electron chi connectivity index (χ4n) is 4.56. The summed E-state index contributed by atoms with van der Waals surface area (Å²) in [5.41, 5.74) is 3.82. The number of rotatable bonds is 6. The number of nitrogens with zero attached hydrogens (tertiary/aromatic N) is 4. The van der Waals surface area contributed by atoms with Crippen molar-refractivity contribution in [1.82, 2.24) is 19.9 Å². The molecule has 0 aliphatic carbocycles. The summed E-state index contributed by atoms with van der Waals surface area (Å²) in [5, 5.41) is 1.87. The zero-order chi connectivity index (χ0) is 23.7. The lowest BCUT2D eigenvalue weighted by Crippen LogP contribution is -2.32. The Kier molecular flexibility index (Phi) is 6.20. The average molecular weight is 459 g/mol. The maximum atomic E-state index is 6.19. The van der Waals surface area contributed by atoms with Gasteiger partial charge in [-0.2, -0.15) is 0 Å². The lowest BCUT2D eigenvalue weighted by Gasteiger charge is -2.28. The molecule has 34 heavy (non-hydrogen) atoms. The van der Waals surface area contributed by atoms with Gasteiger partial charge in [-0.15, -0.1) is 0 Å². The summed E-state index contributed by atoms with van der Waals surface area (Å²) in [5.74, 6) is 3.03. The molecule has 1 saturated heterocycles. The molecule has 2 aromatic carbocycles. The molecule has 0 spiro atoms. The molecule has 1 fully saturated rings. The number of aryl methyl sites for hydroxylation is 2. The quantitative estimate of drug-likeness (QED) is 0.387. The van der Waals surface area contributed by atoms with Crippen LogP contribution in [0, 0.1) is 19.8 Å². The lowest BCUT2D eigenvalue weighted by molar-refractivity contribution is 0.157. The topological polar surface area (TPSA) is 69.6 Å². The molecule has 0 saturated carbocycles. The van der Waals surface area contributed by atoms with Gasteiger partial charge in [0.1, 0.15) is 12.1 Å². The van der Waals surface area contributed by atoms with E-state index in [1.165, 1.54) is 11.9 Å². The number of ether oxygens (including phenoxy) is 3. The minimum atomic E-state index is 0.467. The van der Waals surface area contributed by atoms with Crippen LogP contribution >= 0.6 is 0 Å². The van der Waals surface area contributed by atoms with E-state index in [1.54, 1.807) is 7.11 Å². The molecule has 0 unspecified atom stereocenters. The van der Waals surface area contributed by atoms with Gasteiger partial charge in [-0.05, 0) is 82.6 Å². The molecule has 0 N–H and O–H groups in total. The Labute approximate surface area is 199 Å². The van der Waals surface area contributed by atoms with Gasteiger partial charge < -0.3 is 19.1 Å². The molecule has 5 rings (SSSR count). The van der Waals surface area contributed by atoms with Gasteiger partial charge in [0.25, 0.3) is 0 Å². The average Bonchev–Trinajstić information content (AvgIpc) is 2.83. The first-order valence-corrected chi connectivity index (χ1v) is 11.7. The number of pyridine rings is 1. The van der Waals surface area contributed by atoms with Gasteiger partial charge >= 0.3 is 0 Å². The summed E-state index contributed by atoms with van der Waals surface area (Å²) in [6.07, 6.45) is 3.80. The Morgan fingerprint density at radius 2 is 1.76 bits per heavy atom. The number of fused-ring (bicyclic) bond motifs is 2. The van der Waals surface area contributed by atoms with E-state index in [-0.39, 0.29) is 0 Å². The largest absolute Gasteiger partial charge is 0.493 e. The monoisotopic (exact) mass is 458 g/mol. The van der Waals surface area contributed by atoms with Crippen molar-refractivity contribution in [3.63, 3.8) is 0 Å². The number of hydrogen-bond donors (Lipinski definition) is 0. The number of methoxy groups -OCH3 is 1. The van der Waals surface area contributed by atoms with E-state index in [1.807, 2.05) is 37.3 Å². The Bertz CT molecular complexity index is 1330. The fourth-order valence-corrected chi connectivity index (χ4v) is 4.56. The minimum Gasteiger partial charge on any atom is -0.493 e. The van der Waals surface area contributed by atoms with Crippen LogP contribution in [0.3, 0.4) is 0 Å². The van der Waals surface area contributed by atoms with Crippen LogP contribution < -0.4 is 14.2 Å². The van der Waals surface area contributed by atoms with Crippen LogP contribution in [0.15, 0.2) is 42.7 Å². The highest BCUT2D eigenvalue weighted by atomic mass is 16.5. The van der Waals surface area contributed by atoms with Gasteiger partial charge in [-0.1, -0.05) is 0 Å². The Hall–Kier alpha value is -3.45. The standard InChI is InChI=1S/C27H30N4O3/c1-17-11-18(2)30-24-12-20(5-6-21(17)24)34-27-22-13-25(32-4)26(14-23(22)28-16-29-27)33-15-19-7-9-31(3)10-8-19/h5-6,11-14,16,19H,7-10,15H2,1-4H3. The number of aromatic nitrogens is 3. The smallest absolute Gasteiger partial charge is 0.230 e. The summed E-state index contributed by atoms with van der Waals surface area (Å²) in [4.78, 5) is 15.9. The summed E-state index contributed by atoms with van der Waals surface area (Å²) in [7, 11) is 3.81. The zero-order valence-corrected chi connectivity index (χ0v) is 20.2. The van der Waals surface area contributed by atoms with E-state index in [4.69, 9.17) is 14.2 Å². The number of likely N-dealkylation sites (tertiary alicyclic amines) is 1. The molecule has 176 valence electrons. The molecule has 1 aliphatic rings. The van der Waals surface area contributed by atoms with Gasteiger partial charge in [0, 0.05) is 23.2 Å². The first-order chi connectivity index (χ1) is 16.5. The Balaban J connectivity index is 1.42. The van der Waals surface area contributed by atoms with Gasteiger partial charge in [0.05, 0.1) is 30.1 Å². The molecule has 7 heteroatoms. The minimum absolute atomic E-state index is 0.467. The van der Waals surface area contributed by atoms with E-state index in [0.29, 0.717) is 35.7 Å². The van der Waals surface area contributed by atoms with Gasteiger partial charge in [-0.3, -0.25) is 4.98 Å². The third kappa shape index (κ3) is 4.61. The van der Waals surface area contributed by atoms with Crippen molar-refractivity contribution < 1.29 is 14.2 Å². The van der Waals surface area contributed by atoms with E-state index in [0.717, 1.165) is 53.4 Å². The van der Waals surface area contributed by atoms with Gasteiger partial charge in [0.2, 0.25) is 5.88 Å². The maximum absolute atomic E-state index is 6.19. The highest BCUT2D eigenvalue weighted by molar-refractivity contribution is 5.87. The van der Waals surface area contributed by atoms with Crippen LogP contribution in [0.4, 0.5) is 0 Å². The first kappa shape index (κ1) is 22.3. The summed E-state index contributed by atoms with van der Waals surface area (Å²) in [6, 6.07) is 11.8. The lowest BCUT2D eigenvalue weighted by atomic mass is 9.98. The molecule has 3 heterocycles. The molecule has 2 aromatic heterocycles. The highest BCUT2D eigenvalue weighted by Crippen LogP contribution is 2.37. The van der Waals surface area contributed by atoms with E-state index < -0.39 is 0 Å². The SMILES string of the molecule is COc1cc2c(Oc3ccc4c(C)cc(C)nc4c3)ncnc2cc1OCC1CCN(C)CC1. The second-order valence-electron chi connectivity index (χ2n) is 9.12. The second kappa shape index (κ2) is 9.43. The van der Waals surface area contributed by atoms with Crippen molar-refractivity contribution in [1.29, 1.82) is 0 Å². The zero-order valence-electron chi connectivity index (χ0n) is 20.2. The summed E-state index contributed by atoms with van der Waals surface area (Å²) in [6.45, 7) is 6.98. The Morgan fingerprint density at radius 3 is 2.56 bits per heavy atom. The molecule has 1 aliphatic heterocycles. The molecule has 4 aromatic rings. The predicted molar refractivity (Wildman–Crippen MR) is 133 cm³/mol. The van der Waals surface area contributed by atoms with Crippen molar-refractivity contribution in [3.05, 3.63) is 54.0 Å². The Morgan fingerprint density at radius 1 is 0.941 bits per heavy atom. The normalized spacial score (nSPS) is 15.1. The number of hydrogen-bond acceptors (Lipinski definition) is 7. The van der Waals surface area contributed by atoms with Crippen LogP contribution in [0.2, 0.25) is 0 Å². The number of benzene rings is 2. The van der Waals surface area contributed by atoms with Crippen LogP contribution in [0.5, 0.6) is 23.1 Å². The second-order valence-corrected chi connectivity index (χ2v) is 9.12. The molecule has 7 nitrogen and oxygen atoms in total. The van der Waals surface area contributed by atoms with E-state index in [2.05, 4.69) is 39.9 Å². The predicted octanol–water partition coefficient (Wildman–Crippen LogP) is 5.32. The van der Waals surface area contributed by atoms with E-state index >= 15 is 0 Å². The van der Waals surface area contributed by atoms with E-state index in [9.17, 15) is 0 Å². The molecule has 0 radical (unpaired) electrons. The third-order valence-corrected chi connectivity index (χ3v) is 6.53. The van der Waals surface area contributed by atoms with Crippen LogP contribution in [0.25, 0.3) is 21.8 Å². The van der Waals surface area contributed by atoms with Crippen LogP contribution in [0.1, 0.15) is 24.1 Å². The first-order valence-electron chi connectivity index (χ1n) is 11.7. The molecule has 0 amide bonds. The fraction of sp³-hybridized carbons (Fsp3) is 0.370. The molecule has 0 bridgehead atoms. The van der Waals surface area contributed by atoms with Crippen LogP contribution in [-0.2, 0) is 0 Å². The van der Waals surface area contributed by atoms with Gasteiger partial charge in [0.15, 0.2) is 11.5 Å². The van der Waals surface area contributed by atoms with Crippen LogP contribution in [-0.4, -0.2) is 53.7 Å². The number of piperidine rings is 1. The van der Waals surface area contributed by atoms with Crippen molar-refractivity contribution in [2.24, 2.45) is 5.92 Å². The van der Waals surface area contributed by atoms with Crippen molar-refractivity contribution in [3.8, 4) is 23.1 Å². The van der Waals surface area contributed by atoms with Gasteiger partial charge in [-0.25, -0.2) is 9.97 Å². The van der Waals surface area contributed by atoms with Crippen molar-refractivity contribution >= 4 is 21.8 Å². The molecular weight excluding hydrogens is 428 g/mol.